The number of amides is 2. The highest BCUT2D eigenvalue weighted by Crippen LogP contribution is 2.16. The van der Waals surface area contributed by atoms with Crippen molar-refractivity contribution in [3.8, 4) is 0 Å². The van der Waals surface area contributed by atoms with Crippen LogP contribution in [0.25, 0.3) is 0 Å². The molecular weight excluding hydrogens is 300 g/mol. The van der Waals surface area contributed by atoms with Crippen molar-refractivity contribution in [3.63, 3.8) is 0 Å². The molecule has 0 unspecified atom stereocenters. The molecule has 0 fully saturated rings. The molecule has 1 atom stereocenters. The number of benzene rings is 1. The highest BCUT2D eigenvalue weighted by atomic mass is 35.5. The Bertz CT molecular complexity index is 500. The average molecular weight is 325 g/mol. The maximum atomic E-state index is 12.4. The Morgan fingerprint density at radius 2 is 1.77 bits per heavy atom. The summed E-state index contributed by atoms with van der Waals surface area (Å²) in [5, 5.41) is 3.55. The summed E-state index contributed by atoms with van der Waals surface area (Å²) in [5.41, 5.74) is 0.960. The van der Waals surface area contributed by atoms with E-state index in [4.69, 9.17) is 11.6 Å². The van der Waals surface area contributed by atoms with Crippen LogP contribution in [0.1, 0.15) is 46.1 Å². The summed E-state index contributed by atoms with van der Waals surface area (Å²) < 4.78 is 0. The van der Waals surface area contributed by atoms with E-state index in [0.717, 1.165) is 5.56 Å². The molecule has 122 valence electrons. The van der Waals surface area contributed by atoms with E-state index in [1.54, 1.807) is 17.0 Å². The molecule has 1 N–H and O–H groups in total. The van der Waals surface area contributed by atoms with Crippen molar-refractivity contribution in [1.29, 1.82) is 0 Å². The lowest BCUT2D eigenvalue weighted by Crippen LogP contribution is -2.50. The van der Waals surface area contributed by atoms with Crippen LogP contribution in [0.2, 0.25) is 5.02 Å². The number of nitrogens with one attached hydrogen (secondary N) is 1. The first-order chi connectivity index (χ1) is 10.4. The van der Waals surface area contributed by atoms with Crippen molar-refractivity contribution in [1.82, 2.24) is 10.2 Å². The van der Waals surface area contributed by atoms with E-state index in [0.29, 0.717) is 24.4 Å². The van der Waals surface area contributed by atoms with Crippen molar-refractivity contribution in [2.75, 3.05) is 0 Å². The monoisotopic (exact) mass is 324 g/mol. The summed E-state index contributed by atoms with van der Waals surface area (Å²) in [6.07, 6.45) is 0.955. The van der Waals surface area contributed by atoms with Gasteiger partial charge in [-0.1, -0.05) is 37.6 Å². The molecule has 0 radical (unpaired) electrons. The molecule has 2 amide bonds. The fraction of sp³-hybridized carbons (Fsp3) is 0.529. The topological polar surface area (TPSA) is 49.4 Å². The number of hydrogen-bond acceptors (Lipinski definition) is 2. The average Bonchev–Trinajstić information content (AvgIpc) is 2.47. The van der Waals surface area contributed by atoms with E-state index < -0.39 is 6.04 Å². The Kier molecular flexibility index (Phi) is 7.39. The van der Waals surface area contributed by atoms with E-state index in [9.17, 15) is 9.59 Å². The standard InChI is InChI=1S/C17H25ClN2O2/c1-5-15(17(22)19-12(3)4)20(16(21)6-2)11-13-7-9-14(18)10-8-13/h7-10,12,15H,5-6,11H2,1-4H3,(H,19,22)/t15-/m1/s1. The maximum Gasteiger partial charge on any atom is 0.243 e. The van der Waals surface area contributed by atoms with Gasteiger partial charge in [-0.15, -0.1) is 0 Å². The molecule has 0 bridgehead atoms. The number of halogens is 1. The molecule has 5 heteroatoms. The normalized spacial score (nSPS) is 12.1. The quantitative estimate of drug-likeness (QED) is 0.836. The number of carbonyl (C=O) groups is 2. The lowest BCUT2D eigenvalue weighted by molar-refractivity contribution is -0.141. The van der Waals surface area contributed by atoms with Gasteiger partial charge in [-0.3, -0.25) is 9.59 Å². The van der Waals surface area contributed by atoms with Gasteiger partial charge in [0.25, 0.3) is 0 Å². The Morgan fingerprint density at radius 1 is 1.18 bits per heavy atom. The van der Waals surface area contributed by atoms with E-state index in [-0.39, 0.29) is 17.9 Å². The Hall–Kier alpha value is -1.55. The van der Waals surface area contributed by atoms with Crippen LogP contribution in [0.5, 0.6) is 0 Å². The second-order valence-corrected chi connectivity index (χ2v) is 6.03. The molecule has 0 heterocycles. The molecule has 0 aromatic heterocycles. The minimum Gasteiger partial charge on any atom is -0.352 e. The van der Waals surface area contributed by atoms with Gasteiger partial charge in [0.05, 0.1) is 0 Å². The highest BCUT2D eigenvalue weighted by molar-refractivity contribution is 6.30. The van der Waals surface area contributed by atoms with Gasteiger partial charge in [0.15, 0.2) is 0 Å². The van der Waals surface area contributed by atoms with Gasteiger partial charge in [0.2, 0.25) is 11.8 Å². The molecule has 1 rings (SSSR count). The first-order valence-corrected chi connectivity index (χ1v) is 8.11. The van der Waals surface area contributed by atoms with Crippen LogP contribution >= 0.6 is 11.6 Å². The third kappa shape index (κ3) is 5.34. The van der Waals surface area contributed by atoms with Crippen LogP contribution in [0.3, 0.4) is 0 Å². The molecule has 4 nitrogen and oxygen atoms in total. The number of hydrogen-bond donors (Lipinski definition) is 1. The van der Waals surface area contributed by atoms with Crippen molar-refractivity contribution >= 4 is 23.4 Å². The number of carbonyl (C=O) groups excluding carboxylic acids is 2. The van der Waals surface area contributed by atoms with Crippen LogP contribution in [0, 0.1) is 0 Å². The molecule has 1 aromatic rings. The minimum atomic E-state index is -0.453. The maximum absolute atomic E-state index is 12.4. The van der Waals surface area contributed by atoms with Gasteiger partial charge in [-0.05, 0) is 38.0 Å². The predicted octanol–water partition coefficient (Wildman–Crippen LogP) is 3.38. The molecule has 0 aliphatic heterocycles. The number of rotatable bonds is 7. The van der Waals surface area contributed by atoms with Crippen LogP contribution in [-0.4, -0.2) is 28.8 Å². The molecule has 22 heavy (non-hydrogen) atoms. The van der Waals surface area contributed by atoms with Crippen molar-refractivity contribution in [3.05, 3.63) is 34.9 Å². The lowest BCUT2D eigenvalue weighted by atomic mass is 10.1. The SMILES string of the molecule is CCC(=O)N(Cc1ccc(Cl)cc1)[C@H](CC)C(=O)NC(C)C. The van der Waals surface area contributed by atoms with Crippen LogP contribution in [0.4, 0.5) is 0 Å². The van der Waals surface area contributed by atoms with Gasteiger partial charge in [0, 0.05) is 24.0 Å². The largest absolute Gasteiger partial charge is 0.352 e. The zero-order valence-corrected chi connectivity index (χ0v) is 14.5. The fourth-order valence-electron chi connectivity index (χ4n) is 2.29. The second-order valence-electron chi connectivity index (χ2n) is 5.59. The van der Waals surface area contributed by atoms with Crippen molar-refractivity contribution in [2.24, 2.45) is 0 Å². The molecule has 0 aliphatic rings. The van der Waals surface area contributed by atoms with E-state index in [1.807, 2.05) is 39.8 Å². The van der Waals surface area contributed by atoms with E-state index in [1.165, 1.54) is 0 Å². The fourth-order valence-corrected chi connectivity index (χ4v) is 2.42. The van der Waals surface area contributed by atoms with Gasteiger partial charge in [-0.25, -0.2) is 0 Å². The summed E-state index contributed by atoms with van der Waals surface area (Å²) in [4.78, 5) is 26.3. The zero-order chi connectivity index (χ0) is 16.7. The summed E-state index contributed by atoms with van der Waals surface area (Å²) >= 11 is 5.89. The highest BCUT2D eigenvalue weighted by Gasteiger charge is 2.27. The zero-order valence-electron chi connectivity index (χ0n) is 13.7. The molecule has 0 saturated carbocycles. The van der Waals surface area contributed by atoms with E-state index in [2.05, 4.69) is 5.32 Å². The second kappa shape index (κ2) is 8.79. The van der Waals surface area contributed by atoms with Crippen molar-refractivity contribution in [2.45, 2.75) is 59.2 Å². The predicted molar refractivity (Wildman–Crippen MR) is 89.7 cm³/mol. The molecule has 0 saturated heterocycles. The van der Waals surface area contributed by atoms with E-state index >= 15 is 0 Å². The van der Waals surface area contributed by atoms with Crippen molar-refractivity contribution < 1.29 is 9.59 Å². The summed E-state index contributed by atoms with van der Waals surface area (Å²) in [5.74, 6) is -0.131. The lowest BCUT2D eigenvalue weighted by Gasteiger charge is -2.31. The van der Waals surface area contributed by atoms with Gasteiger partial charge in [0.1, 0.15) is 6.04 Å². The Balaban J connectivity index is 2.97. The Morgan fingerprint density at radius 3 is 2.23 bits per heavy atom. The summed E-state index contributed by atoms with van der Waals surface area (Å²) in [6.45, 7) is 7.96. The number of nitrogens with zero attached hydrogens (tertiary/aromatic N) is 1. The first-order valence-electron chi connectivity index (χ1n) is 7.73. The van der Waals surface area contributed by atoms with Crippen LogP contribution in [0.15, 0.2) is 24.3 Å². The summed E-state index contributed by atoms with van der Waals surface area (Å²) in [7, 11) is 0. The summed E-state index contributed by atoms with van der Waals surface area (Å²) in [6, 6.07) is 6.94. The van der Waals surface area contributed by atoms with Crippen LogP contribution in [-0.2, 0) is 16.1 Å². The first kappa shape index (κ1) is 18.5. The molecule has 1 aromatic carbocycles. The van der Waals surface area contributed by atoms with Gasteiger partial charge in [-0.2, -0.15) is 0 Å². The molecule has 0 aliphatic carbocycles. The smallest absolute Gasteiger partial charge is 0.243 e. The molecule has 0 spiro atoms. The van der Waals surface area contributed by atoms with Crippen LogP contribution < -0.4 is 5.32 Å². The molecular formula is C17H25ClN2O2. The Labute approximate surface area is 137 Å². The minimum absolute atomic E-state index is 0.0271. The van der Waals surface area contributed by atoms with Gasteiger partial charge < -0.3 is 10.2 Å². The van der Waals surface area contributed by atoms with Gasteiger partial charge >= 0.3 is 0 Å². The third-order valence-electron chi connectivity index (χ3n) is 3.39. The third-order valence-corrected chi connectivity index (χ3v) is 3.64.